The maximum atomic E-state index is 13.6. The summed E-state index contributed by atoms with van der Waals surface area (Å²) in [6, 6.07) is 11.5. The number of carbonyl (C=O) groups excluding carboxylic acids is 1. The third kappa shape index (κ3) is 3.35. The Hall–Kier alpha value is -2.36. The fraction of sp³-hybridized carbons (Fsp3) is 0.188. The minimum atomic E-state index is -0.584. The number of anilines is 2. The minimum Gasteiger partial charge on any atom is -0.399 e. The van der Waals surface area contributed by atoms with E-state index < -0.39 is 11.7 Å². The summed E-state index contributed by atoms with van der Waals surface area (Å²) in [6.07, 6.45) is 2.07. The first-order valence-electron chi connectivity index (χ1n) is 6.55. The Bertz CT molecular complexity index is 608. The maximum Gasteiger partial charge on any atom is 0.258 e. The highest BCUT2D eigenvalue weighted by Gasteiger charge is 2.12. The lowest BCUT2D eigenvalue weighted by Crippen LogP contribution is -2.14. The van der Waals surface area contributed by atoms with E-state index in [2.05, 4.69) is 12.2 Å². The largest absolute Gasteiger partial charge is 0.399 e. The van der Waals surface area contributed by atoms with Crippen molar-refractivity contribution in [3.8, 4) is 0 Å². The molecule has 0 unspecified atom stereocenters. The van der Waals surface area contributed by atoms with Gasteiger partial charge in [0.2, 0.25) is 0 Å². The lowest BCUT2D eigenvalue weighted by Gasteiger charge is -2.07. The molecular weight excluding hydrogens is 255 g/mol. The average Bonchev–Trinajstić information content (AvgIpc) is 2.44. The molecule has 20 heavy (non-hydrogen) atoms. The van der Waals surface area contributed by atoms with Crippen LogP contribution in [0.4, 0.5) is 15.8 Å². The van der Waals surface area contributed by atoms with Crippen LogP contribution in [0.3, 0.4) is 0 Å². The van der Waals surface area contributed by atoms with Gasteiger partial charge in [0, 0.05) is 11.4 Å². The van der Waals surface area contributed by atoms with Gasteiger partial charge in [0.05, 0.1) is 5.56 Å². The Morgan fingerprint density at radius 2 is 1.90 bits per heavy atom. The Morgan fingerprint density at radius 3 is 2.55 bits per heavy atom. The van der Waals surface area contributed by atoms with Crippen molar-refractivity contribution in [3.05, 3.63) is 59.4 Å². The standard InChI is InChI=1S/C16H17FN2O/c1-2-3-11-4-7-13(8-5-11)19-16(20)14-10-12(18)6-9-15(14)17/h4-10H,2-3,18H2,1H3,(H,19,20). The van der Waals surface area contributed by atoms with Gasteiger partial charge in [-0.05, 0) is 42.3 Å². The van der Waals surface area contributed by atoms with Crippen LogP contribution < -0.4 is 11.1 Å². The Morgan fingerprint density at radius 1 is 1.20 bits per heavy atom. The second-order valence-electron chi connectivity index (χ2n) is 4.64. The lowest BCUT2D eigenvalue weighted by molar-refractivity contribution is 0.102. The molecular formula is C16H17FN2O. The van der Waals surface area contributed by atoms with Crippen LogP contribution in [-0.2, 0) is 6.42 Å². The highest BCUT2D eigenvalue weighted by atomic mass is 19.1. The number of benzene rings is 2. The number of rotatable bonds is 4. The normalized spacial score (nSPS) is 10.3. The quantitative estimate of drug-likeness (QED) is 0.835. The second kappa shape index (κ2) is 6.19. The summed E-state index contributed by atoms with van der Waals surface area (Å²) in [5.74, 6) is -1.09. The molecule has 0 saturated carbocycles. The number of hydrogen-bond donors (Lipinski definition) is 2. The molecule has 104 valence electrons. The van der Waals surface area contributed by atoms with Gasteiger partial charge in [0.15, 0.2) is 0 Å². The van der Waals surface area contributed by atoms with Gasteiger partial charge in [0.1, 0.15) is 5.82 Å². The first-order chi connectivity index (χ1) is 9.60. The number of amides is 1. The smallest absolute Gasteiger partial charge is 0.258 e. The van der Waals surface area contributed by atoms with Crippen LogP contribution in [0.25, 0.3) is 0 Å². The van der Waals surface area contributed by atoms with Crippen molar-refractivity contribution in [2.24, 2.45) is 0 Å². The third-order valence-corrected chi connectivity index (χ3v) is 2.99. The monoisotopic (exact) mass is 272 g/mol. The third-order valence-electron chi connectivity index (χ3n) is 2.99. The first kappa shape index (κ1) is 14.1. The van der Waals surface area contributed by atoms with Gasteiger partial charge in [0.25, 0.3) is 5.91 Å². The predicted molar refractivity (Wildman–Crippen MR) is 79.2 cm³/mol. The predicted octanol–water partition coefficient (Wildman–Crippen LogP) is 3.61. The first-order valence-corrected chi connectivity index (χ1v) is 6.55. The van der Waals surface area contributed by atoms with Crippen LogP contribution in [0, 0.1) is 5.82 Å². The molecule has 0 atom stereocenters. The number of halogens is 1. The van der Waals surface area contributed by atoms with Gasteiger partial charge in [-0.1, -0.05) is 25.5 Å². The van der Waals surface area contributed by atoms with E-state index in [0.717, 1.165) is 12.8 Å². The van der Waals surface area contributed by atoms with Gasteiger partial charge >= 0.3 is 0 Å². The van der Waals surface area contributed by atoms with Crippen molar-refractivity contribution in [2.45, 2.75) is 19.8 Å². The Kier molecular flexibility index (Phi) is 4.35. The summed E-state index contributed by atoms with van der Waals surface area (Å²) in [5.41, 5.74) is 7.71. The van der Waals surface area contributed by atoms with E-state index in [1.807, 2.05) is 24.3 Å². The maximum absolute atomic E-state index is 13.6. The second-order valence-corrected chi connectivity index (χ2v) is 4.64. The summed E-state index contributed by atoms with van der Waals surface area (Å²) in [4.78, 5) is 12.0. The summed E-state index contributed by atoms with van der Waals surface area (Å²) in [5, 5.41) is 2.66. The fourth-order valence-corrected chi connectivity index (χ4v) is 1.96. The summed E-state index contributed by atoms with van der Waals surface area (Å²) < 4.78 is 13.6. The Balaban J connectivity index is 2.13. The van der Waals surface area contributed by atoms with E-state index in [-0.39, 0.29) is 5.56 Å². The van der Waals surface area contributed by atoms with Crippen molar-refractivity contribution >= 4 is 17.3 Å². The molecule has 0 spiro atoms. The fourth-order valence-electron chi connectivity index (χ4n) is 1.96. The van der Waals surface area contributed by atoms with Crippen LogP contribution in [0.15, 0.2) is 42.5 Å². The zero-order chi connectivity index (χ0) is 14.5. The van der Waals surface area contributed by atoms with Crippen molar-refractivity contribution in [2.75, 3.05) is 11.1 Å². The number of aryl methyl sites for hydroxylation is 1. The van der Waals surface area contributed by atoms with E-state index in [1.54, 1.807) is 0 Å². The summed E-state index contributed by atoms with van der Waals surface area (Å²) in [6.45, 7) is 2.11. The molecule has 4 heteroatoms. The molecule has 0 aliphatic carbocycles. The van der Waals surface area contributed by atoms with E-state index in [1.165, 1.54) is 23.8 Å². The molecule has 0 aliphatic heterocycles. The summed E-state index contributed by atoms with van der Waals surface area (Å²) in [7, 11) is 0. The molecule has 0 saturated heterocycles. The van der Waals surface area contributed by atoms with E-state index in [0.29, 0.717) is 11.4 Å². The lowest BCUT2D eigenvalue weighted by atomic mass is 10.1. The van der Waals surface area contributed by atoms with Gasteiger partial charge in [-0.15, -0.1) is 0 Å². The molecule has 0 aliphatic rings. The van der Waals surface area contributed by atoms with Crippen LogP contribution in [-0.4, -0.2) is 5.91 Å². The number of carbonyl (C=O) groups is 1. The molecule has 2 rings (SSSR count). The highest BCUT2D eigenvalue weighted by Crippen LogP contribution is 2.16. The van der Waals surface area contributed by atoms with Crippen LogP contribution in [0.2, 0.25) is 0 Å². The van der Waals surface area contributed by atoms with E-state index >= 15 is 0 Å². The Labute approximate surface area is 117 Å². The molecule has 2 aromatic rings. The molecule has 0 bridgehead atoms. The number of nitrogens with two attached hydrogens (primary N) is 1. The van der Waals surface area contributed by atoms with Gasteiger partial charge in [-0.3, -0.25) is 4.79 Å². The van der Waals surface area contributed by atoms with E-state index in [9.17, 15) is 9.18 Å². The van der Waals surface area contributed by atoms with Gasteiger partial charge < -0.3 is 11.1 Å². The SMILES string of the molecule is CCCc1ccc(NC(=O)c2cc(N)ccc2F)cc1. The highest BCUT2D eigenvalue weighted by molar-refractivity contribution is 6.04. The van der Waals surface area contributed by atoms with Crippen molar-refractivity contribution in [3.63, 3.8) is 0 Å². The minimum absolute atomic E-state index is 0.0531. The number of nitrogens with one attached hydrogen (secondary N) is 1. The van der Waals surface area contributed by atoms with Crippen molar-refractivity contribution < 1.29 is 9.18 Å². The molecule has 0 heterocycles. The molecule has 0 aromatic heterocycles. The molecule has 3 N–H and O–H groups in total. The van der Waals surface area contributed by atoms with Crippen molar-refractivity contribution in [1.82, 2.24) is 0 Å². The molecule has 1 amide bonds. The summed E-state index contributed by atoms with van der Waals surface area (Å²) >= 11 is 0. The van der Waals surface area contributed by atoms with Crippen LogP contribution in [0.5, 0.6) is 0 Å². The molecule has 3 nitrogen and oxygen atoms in total. The molecule has 2 aromatic carbocycles. The van der Waals surface area contributed by atoms with Crippen molar-refractivity contribution in [1.29, 1.82) is 0 Å². The van der Waals surface area contributed by atoms with Gasteiger partial charge in [-0.25, -0.2) is 4.39 Å². The number of nitrogen functional groups attached to an aromatic ring is 1. The van der Waals surface area contributed by atoms with E-state index in [4.69, 9.17) is 5.73 Å². The molecule has 0 radical (unpaired) electrons. The van der Waals surface area contributed by atoms with Gasteiger partial charge in [-0.2, -0.15) is 0 Å². The average molecular weight is 272 g/mol. The molecule has 0 fully saturated rings. The van der Waals surface area contributed by atoms with Crippen LogP contribution in [0.1, 0.15) is 29.3 Å². The topological polar surface area (TPSA) is 55.1 Å². The van der Waals surface area contributed by atoms with Crippen LogP contribution >= 0.6 is 0 Å². The zero-order valence-electron chi connectivity index (χ0n) is 11.3. The zero-order valence-corrected chi connectivity index (χ0v) is 11.3. The number of hydrogen-bond acceptors (Lipinski definition) is 2.